The molecule has 0 bridgehead atoms. The Hall–Kier alpha value is -0.920. The Labute approximate surface area is 166 Å². The second-order valence-electron chi connectivity index (χ2n) is 6.61. The Morgan fingerprint density at radius 2 is 2.08 bits per heavy atom. The van der Waals surface area contributed by atoms with Crippen LogP contribution in [0.4, 0.5) is 4.39 Å². The van der Waals surface area contributed by atoms with Gasteiger partial charge in [0, 0.05) is 25.2 Å². The third-order valence-electron chi connectivity index (χ3n) is 4.91. The van der Waals surface area contributed by atoms with Gasteiger partial charge in [0.1, 0.15) is 11.9 Å². The highest BCUT2D eigenvalue weighted by Crippen LogP contribution is 2.24. The molecule has 2 aliphatic heterocycles. The van der Waals surface area contributed by atoms with E-state index in [1.54, 1.807) is 6.07 Å². The summed E-state index contributed by atoms with van der Waals surface area (Å²) in [7, 11) is 0. The standard InChI is InChI=1S/C18H26FN3O2.2ClH/c1-13-16(6-3-7-20-13)21-18(23)17(22-8-10-24-11-9-22)14-4-2-5-15(19)12-14;;/h2,4-5,12-13,16-17,20H,3,6-11H2,1H3,(H,21,23);2*1H. The van der Waals surface area contributed by atoms with Crippen LogP contribution in [0.15, 0.2) is 24.3 Å². The van der Waals surface area contributed by atoms with Crippen molar-refractivity contribution in [1.82, 2.24) is 15.5 Å². The molecule has 2 aliphatic rings. The van der Waals surface area contributed by atoms with Crippen LogP contribution in [-0.4, -0.2) is 55.7 Å². The summed E-state index contributed by atoms with van der Waals surface area (Å²) in [6.45, 7) is 5.63. The monoisotopic (exact) mass is 407 g/mol. The second-order valence-corrected chi connectivity index (χ2v) is 6.61. The Morgan fingerprint density at radius 3 is 2.73 bits per heavy atom. The highest BCUT2D eigenvalue weighted by molar-refractivity contribution is 5.85. The molecule has 2 saturated heterocycles. The molecule has 3 rings (SSSR count). The summed E-state index contributed by atoms with van der Waals surface area (Å²) in [6.07, 6.45) is 2.02. The maximum absolute atomic E-state index is 13.7. The van der Waals surface area contributed by atoms with E-state index in [4.69, 9.17) is 4.74 Å². The van der Waals surface area contributed by atoms with E-state index in [9.17, 15) is 9.18 Å². The van der Waals surface area contributed by atoms with Crippen LogP contribution in [0.2, 0.25) is 0 Å². The van der Waals surface area contributed by atoms with Crippen molar-refractivity contribution in [2.75, 3.05) is 32.8 Å². The van der Waals surface area contributed by atoms with E-state index in [0.29, 0.717) is 31.9 Å². The van der Waals surface area contributed by atoms with Crippen LogP contribution in [0.1, 0.15) is 31.4 Å². The molecule has 2 fully saturated rings. The molecular formula is C18H28Cl2FN3O2. The zero-order chi connectivity index (χ0) is 16.9. The lowest BCUT2D eigenvalue weighted by atomic mass is 9.98. The first kappa shape index (κ1) is 23.1. The van der Waals surface area contributed by atoms with Gasteiger partial charge in [0.05, 0.1) is 13.2 Å². The first-order valence-corrected chi connectivity index (χ1v) is 8.76. The number of rotatable bonds is 4. The summed E-state index contributed by atoms with van der Waals surface area (Å²) in [5.41, 5.74) is 0.700. The molecular weight excluding hydrogens is 380 g/mol. The van der Waals surface area contributed by atoms with Gasteiger partial charge in [0.2, 0.25) is 5.91 Å². The maximum Gasteiger partial charge on any atom is 0.242 e. The number of morpholine rings is 1. The molecule has 8 heteroatoms. The van der Waals surface area contributed by atoms with Crippen molar-refractivity contribution in [2.45, 2.75) is 37.9 Å². The fourth-order valence-corrected chi connectivity index (χ4v) is 3.54. The molecule has 1 aromatic carbocycles. The Morgan fingerprint density at radius 1 is 1.35 bits per heavy atom. The van der Waals surface area contributed by atoms with E-state index < -0.39 is 6.04 Å². The van der Waals surface area contributed by atoms with Crippen molar-refractivity contribution in [3.05, 3.63) is 35.6 Å². The number of ether oxygens (including phenoxy) is 1. The normalized spacial score (nSPS) is 24.7. The molecule has 0 aliphatic carbocycles. The van der Waals surface area contributed by atoms with Gasteiger partial charge >= 0.3 is 0 Å². The predicted octanol–water partition coefficient (Wildman–Crippen LogP) is 2.30. The summed E-state index contributed by atoms with van der Waals surface area (Å²) >= 11 is 0. The van der Waals surface area contributed by atoms with Crippen molar-refractivity contribution in [2.24, 2.45) is 0 Å². The second kappa shape index (κ2) is 11.0. The van der Waals surface area contributed by atoms with Gasteiger partial charge < -0.3 is 15.4 Å². The van der Waals surface area contributed by atoms with Gasteiger partial charge in [-0.25, -0.2) is 4.39 Å². The fourth-order valence-electron chi connectivity index (χ4n) is 3.54. The number of nitrogens with zero attached hydrogens (tertiary/aromatic N) is 1. The van der Waals surface area contributed by atoms with Gasteiger partial charge in [-0.15, -0.1) is 24.8 Å². The highest BCUT2D eigenvalue weighted by Gasteiger charge is 2.32. The summed E-state index contributed by atoms with van der Waals surface area (Å²) in [5, 5.41) is 6.57. The SMILES string of the molecule is CC1NCCCC1NC(=O)C(c1cccc(F)c1)N1CCOCC1.Cl.Cl. The molecule has 2 N–H and O–H groups in total. The van der Waals surface area contributed by atoms with E-state index in [2.05, 4.69) is 22.5 Å². The fraction of sp³-hybridized carbons (Fsp3) is 0.611. The highest BCUT2D eigenvalue weighted by atomic mass is 35.5. The summed E-state index contributed by atoms with van der Waals surface area (Å²) in [6, 6.07) is 6.25. The molecule has 148 valence electrons. The number of carbonyl (C=O) groups is 1. The van der Waals surface area contributed by atoms with Crippen LogP contribution in [0.25, 0.3) is 0 Å². The smallest absolute Gasteiger partial charge is 0.242 e. The van der Waals surface area contributed by atoms with Crippen LogP contribution in [0.5, 0.6) is 0 Å². The van der Waals surface area contributed by atoms with Crippen LogP contribution >= 0.6 is 24.8 Å². The largest absolute Gasteiger partial charge is 0.379 e. The van der Waals surface area contributed by atoms with E-state index in [1.807, 2.05) is 6.07 Å². The lowest BCUT2D eigenvalue weighted by Crippen LogP contribution is -2.55. The van der Waals surface area contributed by atoms with Gasteiger partial charge in [0.25, 0.3) is 0 Å². The van der Waals surface area contributed by atoms with Crippen molar-refractivity contribution >= 4 is 30.7 Å². The quantitative estimate of drug-likeness (QED) is 0.803. The van der Waals surface area contributed by atoms with E-state index in [1.165, 1.54) is 12.1 Å². The van der Waals surface area contributed by atoms with Crippen LogP contribution < -0.4 is 10.6 Å². The Bertz CT molecular complexity index is 573. The van der Waals surface area contributed by atoms with E-state index in [0.717, 1.165) is 19.4 Å². The van der Waals surface area contributed by atoms with E-state index in [-0.39, 0.29) is 48.6 Å². The number of benzene rings is 1. The minimum Gasteiger partial charge on any atom is -0.379 e. The van der Waals surface area contributed by atoms with Gasteiger partial charge in [-0.1, -0.05) is 12.1 Å². The van der Waals surface area contributed by atoms with Crippen LogP contribution in [0, 0.1) is 5.82 Å². The molecule has 5 nitrogen and oxygen atoms in total. The number of amides is 1. The summed E-state index contributed by atoms with van der Waals surface area (Å²) in [4.78, 5) is 15.1. The third kappa shape index (κ3) is 5.79. The third-order valence-corrected chi connectivity index (χ3v) is 4.91. The Balaban J connectivity index is 0.00000169. The first-order chi connectivity index (χ1) is 11.6. The number of hydrogen-bond acceptors (Lipinski definition) is 4. The minimum absolute atomic E-state index is 0. The molecule has 26 heavy (non-hydrogen) atoms. The molecule has 3 atom stereocenters. The molecule has 1 amide bonds. The number of halogens is 3. The van der Waals surface area contributed by atoms with Crippen molar-refractivity contribution in [1.29, 1.82) is 0 Å². The maximum atomic E-state index is 13.7. The van der Waals surface area contributed by atoms with E-state index >= 15 is 0 Å². The van der Waals surface area contributed by atoms with Crippen molar-refractivity contribution < 1.29 is 13.9 Å². The summed E-state index contributed by atoms with van der Waals surface area (Å²) < 4.78 is 19.1. The zero-order valence-electron chi connectivity index (χ0n) is 14.9. The Kier molecular flexibility index (Phi) is 9.82. The average Bonchev–Trinajstić information content (AvgIpc) is 2.58. The molecule has 0 radical (unpaired) electrons. The predicted molar refractivity (Wildman–Crippen MR) is 105 cm³/mol. The van der Waals surface area contributed by atoms with Crippen LogP contribution in [-0.2, 0) is 9.53 Å². The number of piperidine rings is 1. The molecule has 0 spiro atoms. The number of carbonyl (C=O) groups excluding carboxylic acids is 1. The number of nitrogens with one attached hydrogen (secondary N) is 2. The minimum atomic E-state index is -0.473. The molecule has 3 unspecified atom stereocenters. The first-order valence-electron chi connectivity index (χ1n) is 8.76. The lowest BCUT2D eigenvalue weighted by molar-refractivity contribution is -0.129. The molecule has 2 heterocycles. The topological polar surface area (TPSA) is 53.6 Å². The zero-order valence-corrected chi connectivity index (χ0v) is 16.6. The molecule has 0 saturated carbocycles. The van der Waals surface area contributed by atoms with Crippen molar-refractivity contribution in [3.8, 4) is 0 Å². The van der Waals surface area contributed by atoms with Crippen LogP contribution in [0.3, 0.4) is 0 Å². The molecule has 0 aromatic heterocycles. The van der Waals surface area contributed by atoms with Gasteiger partial charge in [-0.05, 0) is 44.0 Å². The van der Waals surface area contributed by atoms with Gasteiger partial charge in [-0.3, -0.25) is 9.69 Å². The lowest BCUT2D eigenvalue weighted by Gasteiger charge is -2.36. The number of hydrogen-bond donors (Lipinski definition) is 2. The summed E-state index contributed by atoms with van der Waals surface area (Å²) in [5.74, 6) is -0.366. The van der Waals surface area contributed by atoms with Crippen molar-refractivity contribution in [3.63, 3.8) is 0 Å². The average molecular weight is 408 g/mol. The van der Waals surface area contributed by atoms with Gasteiger partial charge in [0.15, 0.2) is 0 Å². The molecule has 1 aromatic rings. The van der Waals surface area contributed by atoms with Gasteiger partial charge in [-0.2, -0.15) is 0 Å².